The third-order valence-electron chi connectivity index (χ3n) is 6.17. The van der Waals surface area contributed by atoms with Gasteiger partial charge in [-0.3, -0.25) is 0 Å². The van der Waals surface area contributed by atoms with E-state index in [0.717, 1.165) is 44.1 Å². The molecule has 3 aromatic rings. The number of ether oxygens (including phenoxy) is 4. The van der Waals surface area contributed by atoms with Gasteiger partial charge in [-0.1, -0.05) is 113 Å². The molecule has 0 aliphatic heterocycles. The number of rotatable bonds is 13. The Bertz CT molecular complexity index is 1270. The predicted molar refractivity (Wildman–Crippen MR) is 152 cm³/mol. The second kappa shape index (κ2) is 15.5. The molecule has 0 heterocycles. The zero-order chi connectivity index (χ0) is 27.2. The molecule has 0 aliphatic carbocycles. The summed E-state index contributed by atoms with van der Waals surface area (Å²) in [5.41, 5.74) is 0.951. The van der Waals surface area contributed by atoms with Gasteiger partial charge in [0.05, 0.1) is 0 Å². The molecule has 0 radical (unpaired) electrons. The molecule has 0 aromatic heterocycles. The van der Waals surface area contributed by atoms with Gasteiger partial charge in [-0.15, -0.1) is 0 Å². The third-order valence-corrected chi connectivity index (χ3v) is 6.17. The van der Waals surface area contributed by atoms with E-state index in [-0.39, 0.29) is 13.2 Å². The summed E-state index contributed by atoms with van der Waals surface area (Å²) < 4.78 is 22.2. The average molecular weight is 519 g/mol. The monoisotopic (exact) mass is 518 g/mol. The van der Waals surface area contributed by atoms with E-state index in [0.29, 0.717) is 39.5 Å². The molecule has 0 N–H and O–H groups in total. The molecule has 0 saturated heterocycles. The zero-order valence-corrected chi connectivity index (χ0v) is 22.7. The molecular formula is C32H38O6. The second-order valence-electron chi connectivity index (χ2n) is 8.95. The van der Waals surface area contributed by atoms with Crippen LogP contribution in [0.1, 0.15) is 64.9 Å². The largest absolute Gasteiger partial charge is 0.514 e. The highest BCUT2D eigenvalue weighted by Gasteiger charge is 2.22. The van der Waals surface area contributed by atoms with Gasteiger partial charge in [0.1, 0.15) is 19.0 Å². The van der Waals surface area contributed by atoms with Gasteiger partial charge in [-0.05, 0) is 24.8 Å². The topological polar surface area (TPSA) is 71.1 Å². The maximum Gasteiger partial charge on any atom is 0.514 e. The van der Waals surface area contributed by atoms with Crippen molar-refractivity contribution in [3.63, 3.8) is 0 Å². The van der Waals surface area contributed by atoms with Crippen molar-refractivity contribution in [1.29, 1.82) is 0 Å². The van der Waals surface area contributed by atoms with E-state index in [9.17, 15) is 9.59 Å². The molecule has 0 bridgehead atoms. The lowest BCUT2D eigenvalue weighted by Gasteiger charge is -2.18. The molecule has 202 valence electrons. The van der Waals surface area contributed by atoms with Gasteiger partial charge in [0.25, 0.3) is 0 Å². The van der Waals surface area contributed by atoms with Crippen LogP contribution in [-0.4, -0.2) is 25.5 Å². The first kappa shape index (κ1) is 28.8. The van der Waals surface area contributed by atoms with Crippen LogP contribution in [0.15, 0.2) is 66.8 Å². The lowest BCUT2D eigenvalue weighted by molar-refractivity contribution is 0.109. The van der Waals surface area contributed by atoms with Crippen molar-refractivity contribution in [3.8, 4) is 11.5 Å². The Hall–Kier alpha value is -3.80. The van der Waals surface area contributed by atoms with Crippen molar-refractivity contribution in [2.45, 2.75) is 65.7 Å². The fraction of sp³-hybridized carbons (Fsp3) is 0.375. The van der Waals surface area contributed by atoms with E-state index >= 15 is 0 Å². The van der Waals surface area contributed by atoms with Crippen molar-refractivity contribution in [2.75, 3.05) is 13.2 Å². The lowest BCUT2D eigenvalue weighted by Crippen LogP contribution is -2.13. The van der Waals surface area contributed by atoms with E-state index in [2.05, 4.69) is 13.8 Å². The van der Waals surface area contributed by atoms with Crippen LogP contribution in [-0.2, 0) is 15.9 Å². The van der Waals surface area contributed by atoms with Gasteiger partial charge < -0.3 is 18.9 Å². The molecule has 0 spiro atoms. The van der Waals surface area contributed by atoms with Crippen LogP contribution in [0.2, 0.25) is 0 Å². The molecule has 0 amide bonds. The molecule has 6 nitrogen and oxygen atoms in total. The van der Waals surface area contributed by atoms with Crippen LogP contribution in [0.3, 0.4) is 0 Å². The summed E-state index contributed by atoms with van der Waals surface area (Å²) in [6.45, 7) is 6.56. The summed E-state index contributed by atoms with van der Waals surface area (Å²) in [6, 6.07) is 13.1. The average Bonchev–Trinajstić information content (AvgIpc) is 2.93. The van der Waals surface area contributed by atoms with E-state index in [1.54, 1.807) is 0 Å². The summed E-state index contributed by atoms with van der Waals surface area (Å²) in [5, 5.41) is 2.62. The first-order valence-corrected chi connectivity index (χ1v) is 13.6. The first-order valence-electron chi connectivity index (χ1n) is 13.6. The smallest absolute Gasteiger partial charge is 0.430 e. The Morgan fingerprint density at radius 1 is 0.658 bits per heavy atom. The molecule has 0 fully saturated rings. The molecule has 3 aromatic carbocycles. The predicted octanol–water partition coefficient (Wildman–Crippen LogP) is 9.08. The van der Waals surface area contributed by atoms with E-state index in [4.69, 9.17) is 18.9 Å². The Kier molecular flexibility index (Phi) is 11.7. The van der Waals surface area contributed by atoms with Crippen molar-refractivity contribution >= 4 is 33.9 Å². The summed E-state index contributed by atoms with van der Waals surface area (Å²) >= 11 is 0. The van der Waals surface area contributed by atoms with Crippen molar-refractivity contribution in [1.82, 2.24) is 0 Å². The Balaban J connectivity index is 1.91. The number of aryl methyl sites for hydroxylation is 1. The Morgan fingerprint density at radius 2 is 1.18 bits per heavy atom. The number of benzene rings is 3. The minimum atomic E-state index is -0.790. The quantitative estimate of drug-likeness (QED) is 0.0739. The van der Waals surface area contributed by atoms with Gasteiger partial charge in [0, 0.05) is 21.5 Å². The van der Waals surface area contributed by atoms with Crippen LogP contribution in [0.25, 0.3) is 21.5 Å². The maximum atomic E-state index is 12.7. The Morgan fingerprint density at radius 3 is 1.74 bits per heavy atom. The first-order chi connectivity index (χ1) is 18.6. The summed E-state index contributed by atoms with van der Waals surface area (Å²) in [7, 11) is 0. The summed E-state index contributed by atoms with van der Waals surface area (Å²) in [5.74, 6) is 0.748. The fourth-order valence-electron chi connectivity index (χ4n) is 4.20. The lowest BCUT2D eigenvalue weighted by atomic mass is 9.96. The van der Waals surface area contributed by atoms with Gasteiger partial charge in [0.15, 0.2) is 5.75 Å². The van der Waals surface area contributed by atoms with Crippen LogP contribution < -0.4 is 9.47 Å². The fourth-order valence-corrected chi connectivity index (χ4v) is 4.20. The number of unbranched alkanes of at least 4 members (excludes halogenated alkanes) is 4. The SMILES string of the molecule is CCCC/C=C/COC(=O)Oc1c2ccccc2c(OC(=O)OC/C=C/CCCC)c2c(CC)cccc12. The molecule has 0 aliphatic rings. The zero-order valence-electron chi connectivity index (χ0n) is 22.7. The minimum absolute atomic E-state index is 0.137. The van der Waals surface area contributed by atoms with Gasteiger partial charge in [0.2, 0.25) is 0 Å². The number of hydrogen-bond donors (Lipinski definition) is 0. The summed E-state index contributed by atoms with van der Waals surface area (Å²) in [6.07, 6.45) is 13.1. The maximum absolute atomic E-state index is 12.7. The van der Waals surface area contributed by atoms with Crippen molar-refractivity contribution < 1.29 is 28.5 Å². The third kappa shape index (κ3) is 7.85. The highest BCUT2D eigenvalue weighted by atomic mass is 16.7. The number of carbonyl (C=O) groups excluding carboxylic acids is 2. The van der Waals surface area contributed by atoms with Gasteiger partial charge >= 0.3 is 12.3 Å². The number of hydrogen-bond acceptors (Lipinski definition) is 6. The van der Waals surface area contributed by atoms with Gasteiger partial charge in [-0.2, -0.15) is 0 Å². The van der Waals surface area contributed by atoms with E-state index in [1.165, 1.54) is 0 Å². The van der Waals surface area contributed by atoms with Crippen LogP contribution in [0.4, 0.5) is 9.59 Å². The molecule has 0 unspecified atom stereocenters. The highest BCUT2D eigenvalue weighted by Crippen LogP contribution is 2.44. The Labute approximate surface area is 225 Å². The van der Waals surface area contributed by atoms with Crippen LogP contribution >= 0.6 is 0 Å². The van der Waals surface area contributed by atoms with E-state index < -0.39 is 12.3 Å². The molecule has 0 saturated carbocycles. The molecule has 6 heteroatoms. The minimum Gasteiger partial charge on any atom is -0.430 e. The number of fused-ring (bicyclic) bond motifs is 2. The van der Waals surface area contributed by atoms with Crippen LogP contribution in [0, 0.1) is 0 Å². The van der Waals surface area contributed by atoms with Crippen molar-refractivity contribution in [2.24, 2.45) is 0 Å². The number of carbonyl (C=O) groups is 2. The van der Waals surface area contributed by atoms with Crippen LogP contribution in [0.5, 0.6) is 11.5 Å². The molecule has 3 rings (SSSR count). The molecule has 38 heavy (non-hydrogen) atoms. The molecule has 0 atom stereocenters. The molecular weight excluding hydrogens is 480 g/mol. The number of allylic oxidation sites excluding steroid dienone is 2. The highest BCUT2D eigenvalue weighted by molar-refractivity contribution is 6.13. The standard InChI is InChI=1S/C32H38O6/c1-4-7-9-11-15-22-35-31(33)37-29-25-19-13-14-20-26(25)30(28-24(6-3)18-17-21-27(28)29)38-32(34)36-23-16-12-10-8-5-2/h11-21H,4-10,22-23H2,1-3H3/b15-11+,16-12+. The van der Waals surface area contributed by atoms with Gasteiger partial charge in [-0.25, -0.2) is 9.59 Å². The summed E-state index contributed by atoms with van der Waals surface area (Å²) in [4.78, 5) is 25.3. The van der Waals surface area contributed by atoms with E-state index in [1.807, 2.05) is 73.7 Å². The normalized spacial score (nSPS) is 11.4. The second-order valence-corrected chi connectivity index (χ2v) is 8.95. The van der Waals surface area contributed by atoms with Crippen molar-refractivity contribution in [3.05, 3.63) is 72.3 Å².